The van der Waals surface area contributed by atoms with Crippen molar-refractivity contribution in [1.82, 2.24) is 15.1 Å². The van der Waals surface area contributed by atoms with Gasteiger partial charge in [-0.05, 0) is 39.0 Å². The normalized spacial score (nSPS) is 27.5. The topological polar surface area (TPSA) is 52.7 Å². The monoisotopic (exact) mass is 305 g/mol. The summed E-state index contributed by atoms with van der Waals surface area (Å²) in [5.74, 6) is 0.617. The van der Waals surface area contributed by atoms with Crippen LogP contribution in [0.3, 0.4) is 0 Å². The Balaban J connectivity index is 1.45. The average Bonchev–Trinajstić information content (AvgIpc) is 3.38. The summed E-state index contributed by atoms with van der Waals surface area (Å²) in [6, 6.07) is 0.327. The molecule has 2 fully saturated rings. The number of nitrogens with one attached hydrogen (secondary N) is 1. The van der Waals surface area contributed by atoms with Gasteiger partial charge < -0.3 is 10.2 Å². The Morgan fingerprint density at radius 2 is 1.82 bits per heavy atom. The largest absolute Gasteiger partial charge is 0.352 e. The molecule has 0 aromatic rings. The Hall–Kier alpha value is -1.36. The smallest absolute Gasteiger partial charge is 0.237 e. The molecule has 2 unspecified atom stereocenters. The van der Waals surface area contributed by atoms with Crippen molar-refractivity contribution in [3.63, 3.8) is 0 Å². The van der Waals surface area contributed by atoms with Gasteiger partial charge in [-0.15, -0.1) is 0 Å². The summed E-state index contributed by atoms with van der Waals surface area (Å²) in [7, 11) is 0. The SMILES string of the molecule is CC(C(=O)NC1CC1)N1CCN(C(=O)C2CC=CCC2)CC1. The van der Waals surface area contributed by atoms with Crippen LogP contribution < -0.4 is 5.32 Å². The number of allylic oxidation sites excluding steroid dienone is 2. The number of rotatable bonds is 4. The second-order valence-electron chi connectivity index (χ2n) is 6.80. The molecular formula is C17H27N3O2. The molecule has 0 radical (unpaired) electrons. The maximum atomic E-state index is 12.5. The molecule has 2 aliphatic carbocycles. The van der Waals surface area contributed by atoms with Crippen LogP contribution in [0.15, 0.2) is 12.2 Å². The number of carbonyl (C=O) groups is 2. The fourth-order valence-corrected chi connectivity index (χ4v) is 3.32. The minimum Gasteiger partial charge on any atom is -0.352 e. The van der Waals surface area contributed by atoms with Crippen LogP contribution in [0.5, 0.6) is 0 Å². The third kappa shape index (κ3) is 3.69. The van der Waals surface area contributed by atoms with E-state index in [-0.39, 0.29) is 17.9 Å². The first kappa shape index (κ1) is 15.5. The highest BCUT2D eigenvalue weighted by Crippen LogP contribution is 2.22. The Bertz CT molecular complexity index is 451. The predicted octanol–water partition coefficient (Wildman–Crippen LogP) is 1.15. The molecule has 3 rings (SSSR count). The first-order chi connectivity index (χ1) is 10.6. The van der Waals surface area contributed by atoms with E-state index in [1.165, 1.54) is 0 Å². The zero-order chi connectivity index (χ0) is 15.5. The van der Waals surface area contributed by atoms with E-state index < -0.39 is 0 Å². The van der Waals surface area contributed by atoms with Crippen molar-refractivity contribution in [3.05, 3.63) is 12.2 Å². The molecule has 2 atom stereocenters. The van der Waals surface area contributed by atoms with Crippen molar-refractivity contribution in [2.45, 2.75) is 51.1 Å². The zero-order valence-electron chi connectivity index (χ0n) is 13.5. The number of hydrogen-bond acceptors (Lipinski definition) is 3. The van der Waals surface area contributed by atoms with Crippen molar-refractivity contribution in [2.24, 2.45) is 5.92 Å². The van der Waals surface area contributed by atoms with Crippen molar-refractivity contribution in [1.29, 1.82) is 0 Å². The molecule has 1 heterocycles. The molecule has 0 spiro atoms. The lowest BCUT2D eigenvalue weighted by molar-refractivity contribution is -0.138. The molecule has 122 valence electrons. The van der Waals surface area contributed by atoms with Gasteiger partial charge in [-0.3, -0.25) is 14.5 Å². The van der Waals surface area contributed by atoms with Gasteiger partial charge >= 0.3 is 0 Å². The van der Waals surface area contributed by atoms with Crippen molar-refractivity contribution in [3.8, 4) is 0 Å². The van der Waals surface area contributed by atoms with Crippen molar-refractivity contribution in [2.75, 3.05) is 26.2 Å². The number of amides is 2. The third-order valence-electron chi connectivity index (χ3n) is 5.10. The molecule has 1 saturated carbocycles. The van der Waals surface area contributed by atoms with Crippen LogP contribution in [-0.2, 0) is 9.59 Å². The minimum atomic E-state index is -0.0875. The van der Waals surface area contributed by atoms with Gasteiger partial charge in [0.1, 0.15) is 0 Å². The molecule has 5 heteroatoms. The second kappa shape index (κ2) is 6.82. The molecule has 0 aromatic carbocycles. The average molecular weight is 305 g/mol. The summed E-state index contributed by atoms with van der Waals surface area (Å²) in [6.07, 6.45) is 9.44. The van der Waals surface area contributed by atoms with Crippen LogP contribution in [0.1, 0.15) is 39.0 Å². The lowest BCUT2D eigenvalue weighted by Crippen LogP contribution is -2.56. The molecule has 5 nitrogen and oxygen atoms in total. The number of carbonyl (C=O) groups excluding carboxylic acids is 2. The summed E-state index contributed by atoms with van der Waals surface area (Å²) in [5, 5.41) is 3.07. The molecular weight excluding hydrogens is 278 g/mol. The van der Waals surface area contributed by atoms with Crippen LogP contribution in [-0.4, -0.2) is 59.9 Å². The van der Waals surface area contributed by atoms with E-state index in [4.69, 9.17) is 0 Å². The van der Waals surface area contributed by atoms with Gasteiger partial charge in [-0.1, -0.05) is 12.2 Å². The summed E-state index contributed by atoms with van der Waals surface area (Å²) >= 11 is 0. The fraction of sp³-hybridized carbons (Fsp3) is 0.765. The molecule has 2 amide bonds. The summed E-state index contributed by atoms with van der Waals surface area (Å²) < 4.78 is 0. The van der Waals surface area contributed by atoms with Gasteiger partial charge in [0.05, 0.1) is 6.04 Å². The number of piperazine rings is 1. The van der Waals surface area contributed by atoms with E-state index in [0.29, 0.717) is 11.9 Å². The minimum absolute atomic E-state index is 0.0875. The van der Waals surface area contributed by atoms with Gasteiger partial charge in [0, 0.05) is 38.1 Å². The Kier molecular flexibility index (Phi) is 4.81. The zero-order valence-corrected chi connectivity index (χ0v) is 13.5. The molecule has 1 aliphatic heterocycles. The Labute approximate surface area is 132 Å². The van der Waals surface area contributed by atoms with Gasteiger partial charge in [0.2, 0.25) is 11.8 Å². The van der Waals surface area contributed by atoms with E-state index in [1.54, 1.807) is 0 Å². The lowest BCUT2D eigenvalue weighted by Gasteiger charge is -2.38. The van der Waals surface area contributed by atoms with Crippen molar-refractivity contribution >= 4 is 11.8 Å². The van der Waals surface area contributed by atoms with Gasteiger partial charge in [-0.2, -0.15) is 0 Å². The molecule has 22 heavy (non-hydrogen) atoms. The molecule has 1 N–H and O–H groups in total. The quantitative estimate of drug-likeness (QED) is 0.793. The maximum Gasteiger partial charge on any atom is 0.237 e. The Morgan fingerprint density at radius 1 is 1.09 bits per heavy atom. The van der Waals surface area contributed by atoms with E-state index in [9.17, 15) is 9.59 Å². The van der Waals surface area contributed by atoms with E-state index >= 15 is 0 Å². The summed E-state index contributed by atoms with van der Waals surface area (Å²) in [4.78, 5) is 28.8. The van der Waals surface area contributed by atoms with Crippen LogP contribution in [0.4, 0.5) is 0 Å². The molecule has 0 bridgehead atoms. The van der Waals surface area contributed by atoms with Crippen LogP contribution in [0.25, 0.3) is 0 Å². The Morgan fingerprint density at radius 3 is 2.41 bits per heavy atom. The first-order valence-electron chi connectivity index (χ1n) is 8.63. The maximum absolute atomic E-state index is 12.5. The van der Waals surface area contributed by atoms with E-state index in [1.807, 2.05) is 11.8 Å². The molecule has 3 aliphatic rings. The standard InChI is InChI=1S/C17H27N3O2/c1-13(16(21)18-15-7-8-15)19-9-11-20(12-10-19)17(22)14-5-3-2-4-6-14/h2-3,13-15H,4-12H2,1H3,(H,18,21). The van der Waals surface area contributed by atoms with Crippen molar-refractivity contribution < 1.29 is 9.59 Å². The fourth-order valence-electron chi connectivity index (χ4n) is 3.32. The van der Waals surface area contributed by atoms with Crippen LogP contribution in [0, 0.1) is 5.92 Å². The van der Waals surface area contributed by atoms with Gasteiger partial charge in [0.15, 0.2) is 0 Å². The molecule has 0 aromatic heterocycles. The molecule has 1 saturated heterocycles. The van der Waals surface area contributed by atoms with Gasteiger partial charge in [0.25, 0.3) is 0 Å². The van der Waals surface area contributed by atoms with E-state index in [2.05, 4.69) is 22.4 Å². The number of hydrogen-bond donors (Lipinski definition) is 1. The highest BCUT2D eigenvalue weighted by Gasteiger charge is 2.32. The third-order valence-corrected chi connectivity index (χ3v) is 5.10. The number of nitrogens with zero attached hydrogens (tertiary/aromatic N) is 2. The van der Waals surface area contributed by atoms with Crippen LogP contribution >= 0.6 is 0 Å². The summed E-state index contributed by atoms with van der Waals surface area (Å²) in [6.45, 7) is 5.07. The highest BCUT2D eigenvalue weighted by atomic mass is 16.2. The lowest BCUT2D eigenvalue weighted by atomic mass is 9.93. The first-order valence-corrected chi connectivity index (χ1v) is 8.63. The highest BCUT2D eigenvalue weighted by molar-refractivity contribution is 5.82. The van der Waals surface area contributed by atoms with Gasteiger partial charge in [-0.25, -0.2) is 0 Å². The second-order valence-corrected chi connectivity index (χ2v) is 6.80. The predicted molar refractivity (Wildman–Crippen MR) is 85.3 cm³/mol. The van der Waals surface area contributed by atoms with E-state index in [0.717, 1.165) is 58.3 Å². The van der Waals surface area contributed by atoms with Crippen LogP contribution in [0.2, 0.25) is 0 Å². The summed E-state index contributed by atoms with van der Waals surface area (Å²) in [5.41, 5.74) is 0.